The quantitative estimate of drug-likeness (QED) is 0.747. The molecule has 2 rings (SSSR count). The smallest absolute Gasteiger partial charge is 0.282 e. The first-order valence-electron chi connectivity index (χ1n) is 6.19. The topological polar surface area (TPSA) is 70.1 Å². The van der Waals surface area contributed by atoms with E-state index in [4.69, 9.17) is 9.84 Å². The first kappa shape index (κ1) is 14.5. The second-order valence-electron chi connectivity index (χ2n) is 4.37. The van der Waals surface area contributed by atoms with Crippen LogP contribution in [0.3, 0.4) is 0 Å². The SMILES string of the molecule is O=S(=O)(N1CCOCC1)N1CCSC[C@H]1CCO. The van der Waals surface area contributed by atoms with Gasteiger partial charge in [-0.05, 0) is 6.42 Å². The van der Waals surface area contributed by atoms with Crippen LogP contribution in [0.2, 0.25) is 0 Å². The number of nitrogens with zero attached hydrogens (tertiary/aromatic N) is 2. The second-order valence-corrected chi connectivity index (χ2v) is 7.40. The first-order valence-corrected chi connectivity index (χ1v) is 8.74. The van der Waals surface area contributed by atoms with Gasteiger partial charge in [-0.1, -0.05) is 0 Å². The molecule has 1 N–H and O–H groups in total. The second kappa shape index (κ2) is 6.53. The molecule has 2 aliphatic rings. The third-order valence-electron chi connectivity index (χ3n) is 3.23. The van der Waals surface area contributed by atoms with Crippen molar-refractivity contribution in [2.24, 2.45) is 0 Å². The predicted molar refractivity (Wildman–Crippen MR) is 70.8 cm³/mol. The molecular formula is C10H20N2O4S2. The summed E-state index contributed by atoms with van der Waals surface area (Å²) in [5.41, 5.74) is 0. The highest BCUT2D eigenvalue weighted by Crippen LogP contribution is 2.24. The highest BCUT2D eigenvalue weighted by Gasteiger charge is 2.36. The average molecular weight is 296 g/mol. The van der Waals surface area contributed by atoms with Crippen molar-refractivity contribution in [1.82, 2.24) is 8.61 Å². The minimum absolute atomic E-state index is 0.0281. The van der Waals surface area contributed by atoms with Crippen LogP contribution in [0, 0.1) is 0 Å². The summed E-state index contributed by atoms with van der Waals surface area (Å²) in [5, 5.41) is 9.05. The van der Waals surface area contributed by atoms with Crippen LogP contribution in [0.25, 0.3) is 0 Å². The molecule has 2 saturated heterocycles. The maximum absolute atomic E-state index is 12.5. The molecule has 1 atom stereocenters. The van der Waals surface area contributed by atoms with Gasteiger partial charge in [-0.25, -0.2) is 0 Å². The number of aliphatic hydroxyl groups excluding tert-OH is 1. The van der Waals surface area contributed by atoms with E-state index in [1.165, 1.54) is 4.31 Å². The van der Waals surface area contributed by atoms with Gasteiger partial charge in [0.2, 0.25) is 0 Å². The molecule has 106 valence electrons. The molecule has 0 bridgehead atoms. The Morgan fingerprint density at radius 3 is 2.67 bits per heavy atom. The normalized spacial score (nSPS) is 28.4. The van der Waals surface area contributed by atoms with Crippen LogP contribution < -0.4 is 0 Å². The number of morpholine rings is 1. The molecule has 0 spiro atoms. The van der Waals surface area contributed by atoms with E-state index in [9.17, 15) is 8.42 Å². The number of rotatable bonds is 4. The lowest BCUT2D eigenvalue weighted by Gasteiger charge is -2.38. The molecule has 0 aliphatic carbocycles. The summed E-state index contributed by atoms with van der Waals surface area (Å²) >= 11 is 1.75. The fraction of sp³-hybridized carbons (Fsp3) is 1.00. The summed E-state index contributed by atoms with van der Waals surface area (Å²) in [7, 11) is -3.39. The molecule has 0 aromatic rings. The van der Waals surface area contributed by atoms with Crippen LogP contribution in [-0.4, -0.2) is 79.1 Å². The van der Waals surface area contributed by atoms with E-state index in [0.29, 0.717) is 39.3 Å². The molecule has 0 unspecified atom stereocenters. The van der Waals surface area contributed by atoms with Crippen molar-refractivity contribution in [2.75, 3.05) is 51.0 Å². The van der Waals surface area contributed by atoms with Crippen LogP contribution in [0.4, 0.5) is 0 Å². The zero-order chi connectivity index (χ0) is 13.0. The molecule has 0 aromatic heterocycles. The van der Waals surface area contributed by atoms with Crippen molar-refractivity contribution < 1.29 is 18.3 Å². The lowest BCUT2D eigenvalue weighted by Crippen LogP contribution is -2.54. The van der Waals surface area contributed by atoms with E-state index < -0.39 is 10.2 Å². The first-order chi connectivity index (χ1) is 8.66. The predicted octanol–water partition coefficient (Wildman–Crippen LogP) is -0.637. The Labute approximate surface area is 112 Å². The Morgan fingerprint density at radius 2 is 2.00 bits per heavy atom. The number of thioether (sulfide) groups is 1. The minimum atomic E-state index is -3.39. The fourth-order valence-corrected chi connectivity index (χ4v) is 5.35. The Balaban J connectivity index is 2.10. The van der Waals surface area contributed by atoms with E-state index in [1.54, 1.807) is 16.1 Å². The summed E-state index contributed by atoms with van der Waals surface area (Å²) < 4.78 is 33.3. The lowest BCUT2D eigenvalue weighted by atomic mass is 10.2. The van der Waals surface area contributed by atoms with E-state index in [-0.39, 0.29) is 12.6 Å². The Bertz CT molecular complexity index is 355. The van der Waals surface area contributed by atoms with Crippen LogP contribution in [0.5, 0.6) is 0 Å². The summed E-state index contributed by atoms with van der Waals surface area (Å²) in [5.74, 6) is 1.59. The van der Waals surface area contributed by atoms with Crippen LogP contribution in [0.15, 0.2) is 0 Å². The van der Waals surface area contributed by atoms with Gasteiger partial charge < -0.3 is 9.84 Å². The van der Waals surface area contributed by atoms with E-state index in [1.807, 2.05) is 0 Å². The standard InChI is InChI=1S/C10H20N2O4S2/c13-5-1-10-9-17-8-4-12(10)18(14,15)11-2-6-16-7-3-11/h10,13H,1-9H2/t10-/m1/s1. The summed E-state index contributed by atoms with van der Waals surface area (Å²) in [6, 6.07) is -0.0819. The van der Waals surface area contributed by atoms with Crippen molar-refractivity contribution in [3.8, 4) is 0 Å². The van der Waals surface area contributed by atoms with Crippen LogP contribution in [-0.2, 0) is 14.9 Å². The minimum Gasteiger partial charge on any atom is -0.396 e. The number of aliphatic hydroxyl groups is 1. The Kier molecular flexibility index (Phi) is 5.28. The molecule has 0 radical (unpaired) electrons. The number of ether oxygens (including phenoxy) is 1. The highest BCUT2D eigenvalue weighted by molar-refractivity contribution is 7.99. The molecule has 2 heterocycles. The third kappa shape index (κ3) is 3.17. The van der Waals surface area contributed by atoms with Gasteiger partial charge in [-0.15, -0.1) is 0 Å². The monoisotopic (exact) mass is 296 g/mol. The summed E-state index contributed by atoms with van der Waals surface area (Å²) in [6.45, 7) is 2.35. The van der Waals surface area contributed by atoms with Crippen molar-refractivity contribution in [3.63, 3.8) is 0 Å². The molecule has 2 fully saturated rings. The summed E-state index contributed by atoms with van der Waals surface area (Å²) in [4.78, 5) is 0. The Hall–Kier alpha value is 0.140. The van der Waals surface area contributed by atoms with Gasteiger partial charge in [0.15, 0.2) is 0 Å². The number of hydrogen-bond donors (Lipinski definition) is 1. The van der Waals surface area contributed by atoms with E-state index >= 15 is 0 Å². The van der Waals surface area contributed by atoms with Gasteiger partial charge in [0, 0.05) is 43.8 Å². The van der Waals surface area contributed by atoms with Crippen LogP contribution >= 0.6 is 11.8 Å². The molecular weight excluding hydrogens is 276 g/mol. The third-order valence-corrected chi connectivity index (χ3v) is 6.41. The molecule has 18 heavy (non-hydrogen) atoms. The van der Waals surface area contributed by atoms with Gasteiger partial charge in [0.05, 0.1) is 13.2 Å². The van der Waals surface area contributed by atoms with Crippen molar-refractivity contribution in [1.29, 1.82) is 0 Å². The largest absolute Gasteiger partial charge is 0.396 e. The van der Waals surface area contributed by atoms with Gasteiger partial charge in [0.25, 0.3) is 10.2 Å². The molecule has 6 nitrogen and oxygen atoms in total. The highest BCUT2D eigenvalue weighted by atomic mass is 32.2. The van der Waals surface area contributed by atoms with E-state index in [2.05, 4.69) is 0 Å². The molecule has 0 saturated carbocycles. The molecule has 2 aliphatic heterocycles. The van der Waals surface area contributed by atoms with Crippen molar-refractivity contribution in [2.45, 2.75) is 12.5 Å². The fourth-order valence-electron chi connectivity index (χ4n) is 2.25. The average Bonchev–Trinajstić information content (AvgIpc) is 2.41. The van der Waals surface area contributed by atoms with Crippen LogP contribution in [0.1, 0.15) is 6.42 Å². The van der Waals surface area contributed by atoms with Crippen molar-refractivity contribution >= 4 is 22.0 Å². The Morgan fingerprint density at radius 1 is 1.28 bits per heavy atom. The van der Waals surface area contributed by atoms with E-state index in [0.717, 1.165) is 11.5 Å². The maximum atomic E-state index is 12.5. The molecule has 0 aromatic carbocycles. The lowest BCUT2D eigenvalue weighted by molar-refractivity contribution is 0.0691. The van der Waals surface area contributed by atoms with Gasteiger partial charge >= 0.3 is 0 Å². The summed E-state index contributed by atoms with van der Waals surface area (Å²) in [6.07, 6.45) is 0.510. The van der Waals surface area contributed by atoms with Gasteiger partial charge in [0.1, 0.15) is 0 Å². The number of hydrogen-bond acceptors (Lipinski definition) is 5. The molecule has 0 amide bonds. The van der Waals surface area contributed by atoms with Gasteiger partial charge in [-0.2, -0.15) is 28.8 Å². The molecule has 8 heteroatoms. The van der Waals surface area contributed by atoms with Gasteiger partial charge in [-0.3, -0.25) is 0 Å². The zero-order valence-corrected chi connectivity index (χ0v) is 12.0. The maximum Gasteiger partial charge on any atom is 0.282 e. The van der Waals surface area contributed by atoms with Crippen molar-refractivity contribution in [3.05, 3.63) is 0 Å². The zero-order valence-electron chi connectivity index (χ0n) is 10.3.